The van der Waals surface area contributed by atoms with Gasteiger partial charge in [0.25, 0.3) is 0 Å². The number of thiazole rings is 1. The summed E-state index contributed by atoms with van der Waals surface area (Å²) in [6.07, 6.45) is 4.87. The summed E-state index contributed by atoms with van der Waals surface area (Å²) in [5.41, 5.74) is 1.55. The molecular formula is C22H25N3O3S2. The smallest absolute Gasteiger partial charge is 0.243 e. The normalized spacial score (nSPS) is 15.7. The van der Waals surface area contributed by atoms with Crippen LogP contribution in [-0.4, -0.2) is 36.7 Å². The van der Waals surface area contributed by atoms with Crippen LogP contribution in [0.5, 0.6) is 0 Å². The first-order valence-corrected chi connectivity index (χ1v) is 12.5. The van der Waals surface area contributed by atoms with Crippen molar-refractivity contribution in [2.24, 2.45) is 0 Å². The summed E-state index contributed by atoms with van der Waals surface area (Å²) >= 11 is 1.60. The first kappa shape index (κ1) is 21.0. The molecule has 30 heavy (non-hydrogen) atoms. The predicted molar refractivity (Wildman–Crippen MR) is 120 cm³/mol. The minimum absolute atomic E-state index is 0.114. The van der Waals surface area contributed by atoms with E-state index in [1.807, 2.05) is 24.3 Å². The van der Waals surface area contributed by atoms with Crippen molar-refractivity contribution >= 4 is 43.2 Å². The summed E-state index contributed by atoms with van der Waals surface area (Å²) in [5, 5.41) is 3.78. The number of aryl methyl sites for hydroxylation is 1. The Bertz CT molecular complexity index is 1080. The summed E-state index contributed by atoms with van der Waals surface area (Å²) in [4.78, 5) is 17.1. The molecule has 1 aromatic heterocycles. The molecule has 8 heteroatoms. The van der Waals surface area contributed by atoms with Crippen molar-refractivity contribution in [2.75, 3.05) is 18.4 Å². The van der Waals surface area contributed by atoms with E-state index in [4.69, 9.17) is 0 Å². The number of benzene rings is 2. The van der Waals surface area contributed by atoms with E-state index in [2.05, 4.69) is 10.3 Å². The van der Waals surface area contributed by atoms with Crippen LogP contribution in [0.3, 0.4) is 0 Å². The fourth-order valence-electron chi connectivity index (χ4n) is 3.61. The Labute approximate surface area is 181 Å². The van der Waals surface area contributed by atoms with Gasteiger partial charge in [-0.05, 0) is 49.2 Å². The van der Waals surface area contributed by atoms with Crippen LogP contribution in [0.15, 0.2) is 53.4 Å². The van der Waals surface area contributed by atoms with E-state index in [0.29, 0.717) is 31.6 Å². The first-order chi connectivity index (χ1) is 14.5. The van der Waals surface area contributed by atoms with Crippen LogP contribution in [-0.2, 0) is 21.2 Å². The second kappa shape index (κ2) is 9.24. The molecule has 1 amide bonds. The number of rotatable bonds is 6. The van der Waals surface area contributed by atoms with Crippen molar-refractivity contribution in [3.8, 4) is 0 Å². The maximum absolute atomic E-state index is 12.8. The van der Waals surface area contributed by atoms with E-state index in [1.54, 1.807) is 39.9 Å². The molecule has 158 valence electrons. The number of nitrogens with zero attached hydrogens (tertiary/aromatic N) is 2. The van der Waals surface area contributed by atoms with Crippen LogP contribution < -0.4 is 5.32 Å². The van der Waals surface area contributed by atoms with Crippen molar-refractivity contribution in [3.63, 3.8) is 0 Å². The average Bonchev–Trinajstić information content (AvgIpc) is 2.95. The number of para-hydroxylation sites is 1. The van der Waals surface area contributed by atoms with Crippen LogP contribution in [0.2, 0.25) is 0 Å². The maximum Gasteiger partial charge on any atom is 0.243 e. The Hall–Kier alpha value is -2.29. The van der Waals surface area contributed by atoms with Crippen molar-refractivity contribution < 1.29 is 13.2 Å². The molecular weight excluding hydrogens is 418 g/mol. The van der Waals surface area contributed by atoms with Crippen molar-refractivity contribution in [1.29, 1.82) is 0 Å². The molecule has 0 saturated carbocycles. The molecule has 0 unspecified atom stereocenters. The van der Waals surface area contributed by atoms with Gasteiger partial charge in [-0.3, -0.25) is 4.79 Å². The molecule has 1 aliphatic heterocycles. The minimum Gasteiger partial charge on any atom is -0.326 e. The molecule has 1 saturated heterocycles. The van der Waals surface area contributed by atoms with Gasteiger partial charge >= 0.3 is 0 Å². The molecule has 0 atom stereocenters. The summed E-state index contributed by atoms with van der Waals surface area (Å²) in [7, 11) is -3.48. The van der Waals surface area contributed by atoms with Gasteiger partial charge in [0.15, 0.2) is 0 Å². The molecule has 3 aromatic rings. The van der Waals surface area contributed by atoms with E-state index in [0.717, 1.165) is 40.9 Å². The number of sulfonamides is 1. The molecule has 0 spiro atoms. The predicted octanol–water partition coefficient (Wildman–Crippen LogP) is 4.43. The van der Waals surface area contributed by atoms with E-state index < -0.39 is 10.0 Å². The lowest BCUT2D eigenvalue weighted by Gasteiger charge is -2.20. The summed E-state index contributed by atoms with van der Waals surface area (Å²) < 4.78 is 28.4. The Morgan fingerprint density at radius 3 is 2.40 bits per heavy atom. The number of amides is 1. The number of carbonyl (C=O) groups excluding carboxylic acids is 1. The third-order valence-corrected chi connectivity index (χ3v) is 8.25. The van der Waals surface area contributed by atoms with Gasteiger partial charge in [-0.25, -0.2) is 13.4 Å². The second-order valence-electron chi connectivity index (χ2n) is 7.47. The minimum atomic E-state index is -3.48. The topological polar surface area (TPSA) is 79.4 Å². The van der Waals surface area contributed by atoms with Crippen molar-refractivity contribution in [2.45, 2.75) is 43.4 Å². The Balaban J connectivity index is 1.35. The summed E-state index contributed by atoms with van der Waals surface area (Å²) in [6, 6.07) is 14.4. The SMILES string of the molecule is O=C(CCc1nc2ccccc2s1)Nc1ccc(S(=O)(=O)N2CCCCCC2)cc1. The van der Waals surface area contributed by atoms with E-state index in [1.165, 1.54) is 0 Å². The molecule has 1 fully saturated rings. The Morgan fingerprint density at radius 2 is 1.70 bits per heavy atom. The lowest BCUT2D eigenvalue weighted by molar-refractivity contribution is -0.116. The number of hydrogen-bond donors (Lipinski definition) is 1. The molecule has 0 aliphatic carbocycles. The number of fused-ring (bicyclic) bond motifs is 1. The summed E-state index contributed by atoms with van der Waals surface area (Å²) in [5.74, 6) is -0.114. The highest BCUT2D eigenvalue weighted by Crippen LogP contribution is 2.24. The molecule has 1 N–H and O–H groups in total. The highest BCUT2D eigenvalue weighted by Gasteiger charge is 2.25. The molecule has 6 nitrogen and oxygen atoms in total. The number of nitrogens with one attached hydrogen (secondary N) is 1. The number of aromatic nitrogens is 1. The third kappa shape index (κ3) is 4.88. The Morgan fingerprint density at radius 1 is 1.00 bits per heavy atom. The van der Waals surface area contributed by atoms with E-state index in [9.17, 15) is 13.2 Å². The number of hydrogen-bond acceptors (Lipinski definition) is 5. The van der Waals surface area contributed by atoms with Crippen LogP contribution in [0.25, 0.3) is 10.2 Å². The third-order valence-electron chi connectivity index (χ3n) is 5.24. The zero-order valence-corrected chi connectivity index (χ0v) is 18.3. The highest BCUT2D eigenvalue weighted by molar-refractivity contribution is 7.89. The van der Waals surface area contributed by atoms with Gasteiger partial charge in [0, 0.05) is 31.6 Å². The number of carbonyl (C=O) groups is 1. The average molecular weight is 444 g/mol. The zero-order chi connectivity index (χ0) is 21.0. The standard InChI is InChI=1S/C22H25N3O3S2/c26-21(13-14-22-24-19-7-3-4-8-20(19)29-22)23-17-9-11-18(12-10-17)30(27,28)25-15-5-1-2-6-16-25/h3-4,7-12H,1-2,5-6,13-16H2,(H,23,26). The van der Waals surface area contributed by atoms with E-state index in [-0.39, 0.29) is 10.8 Å². The lowest BCUT2D eigenvalue weighted by atomic mass is 10.2. The van der Waals surface area contributed by atoms with Gasteiger partial charge in [0.05, 0.1) is 20.1 Å². The van der Waals surface area contributed by atoms with Gasteiger partial charge in [0.2, 0.25) is 15.9 Å². The van der Waals surface area contributed by atoms with E-state index >= 15 is 0 Å². The van der Waals surface area contributed by atoms with Crippen molar-refractivity contribution in [3.05, 3.63) is 53.5 Å². The zero-order valence-electron chi connectivity index (χ0n) is 16.7. The first-order valence-electron chi connectivity index (χ1n) is 10.3. The molecule has 0 radical (unpaired) electrons. The highest BCUT2D eigenvalue weighted by atomic mass is 32.2. The van der Waals surface area contributed by atoms with Crippen LogP contribution in [0, 0.1) is 0 Å². The summed E-state index contributed by atoms with van der Waals surface area (Å²) in [6.45, 7) is 1.15. The van der Waals surface area contributed by atoms with Gasteiger partial charge in [-0.2, -0.15) is 4.31 Å². The van der Waals surface area contributed by atoms with Crippen LogP contribution in [0.4, 0.5) is 5.69 Å². The molecule has 2 aromatic carbocycles. The number of anilines is 1. The van der Waals surface area contributed by atoms with Gasteiger partial charge in [-0.15, -0.1) is 11.3 Å². The molecule has 1 aliphatic rings. The van der Waals surface area contributed by atoms with Gasteiger partial charge in [-0.1, -0.05) is 25.0 Å². The molecule has 2 heterocycles. The fourth-order valence-corrected chi connectivity index (χ4v) is 6.10. The van der Waals surface area contributed by atoms with Crippen LogP contribution >= 0.6 is 11.3 Å². The van der Waals surface area contributed by atoms with Crippen LogP contribution in [0.1, 0.15) is 37.1 Å². The molecule has 0 bridgehead atoms. The second-order valence-corrected chi connectivity index (χ2v) is 10.5. The largest absolute Gasteiger partial charge is 0.326 e. The van der Waals surface area contributed by atoms with Gasteiger partial charge in [0.1, 0.15) is 0 Å². The maximum atomic E-state index is 12.8. The lowest BCUT2D eigenvalue weighted by Crippen LogP contribution is -2.31. The molecule has 4 rings (SSSR count). The Kier molecular flexibility index (Phi) is 6.46. The van der Waals surface area contributed by atoms with Crippen molar-refractivity contribution in [1.82, 2.24) is 9.29 Å². The fraction of sp³-hybridized carbons (Fsp3) is 0.364. The quantitative estimate of drug-likeness (QED) is 0.611. The monoisotopic (exact) mass is 443 g/mol. The van der Waals surface area contributed by atoms with Gasteiger partial charge < -0.3 is 5.32 Å².